The summed E-state index contributed by atoms with van der Waals surface area (Å²) in [6.07, 6.45) is 1.15. The van der Waals surface area contributed by atoms with Crippen LogP contribution in [-0.4, -0.2) is 28.0 Å². The molecule has 176 valence electrons. The highest BCUT2D eigenvalue weighted by Crippen LogP contribution is 2.30. The van der Waals surface area contributed by atoms with E-state index in [1.54, 1.807) is 14.0 Å². The molecular formula is C26H28N4O4. The van der Waals surface area contributed by atoms with Crippen molar-refractivity contribution in [2.75, 3.05) is 12.4 Å². The minimum absolute atomic E-state index is 0.148. The third-order valence-corrected chi connectivity index (χ3v) is 6.05. The van der Waals surface area contributed by atoms with Gasteiger partial charge >= 0.3 is 0 Å². The molecule has 0 radical (unpaired) electrons. The summed E-state index contributed by atoms with van der Waals surface area (Å²) in [5.74, 6) is 0.884. The van der Waals surface area contributed by atoms with E-state index in [1.807, 2.05) is 63.2 Å². The molecule has 0 saturated carbocycles. The number of carbonyl (C=O) groups is 1. The number of fused-ring (bicyclic) bond motifs is 1. The quantitative estimate of drug-likeness (QED) is 0.424. The van der Waals surface area contributed by atoms with Crippen LogP contribution in [0.2, 0.25) is 0 Å². The molecule has 4 rings (SSSR count). The second kappa shape index (κ2) is 9.51. The van der Waals surface area contributed by atoms with Crippen molar-refractivity contribution in [2.24, 2.45) is 0 Å². The molecule has 8 nitrogen and oxygen atoms in total. The number of anilines is 1. The minimum Gasteiger partial charge on any atom is -0.497 e. The maximum absolute atomic E-state index is 13.4. The average molecular weight is 461 g/mol. The topological polar surface area (TPSA) is 99.2 Å². The van der Waals surface area contributed by atoms with E-state index >= 15 is 0 Å². The number of aryl methyl sites for hydroxylation is 3. The van der Waals surface area contributed by atoms with Crippen LogP contribution < -0.4 is 15.6 Å². The van der Waals surface area contributed by atoms with Gasteiger partial charge < -0.3 is 14.6 Å². The second-order valence-corrected chi connectivity index (χ2v) is 8.17. The van der Waals surface area contributed by atoms with Gasteiger partial charge in [-0.2, -0.15) is 5.10 Å². The molecule has 2 heterocycles. The first kappa shape index (κ1) is 23.2. The Hall–Kier alpha value is -3.94. The Bertz CT molecular complexity index is 1400. The molecule has 1 amide bonds. The Balaban J connectivity index is 1.83. The largest absolute Gasteiger partial charge is 0.497 e. The van der Waals surface area contributed by atoms with Crippen LogP contribution in [0, 0.1) is 13.8 Å². The molecule has 0 aliphatic carbocycles. The predicted molar refractivity (Wildman–Crippen MR) is 131 cm³/mol. The number of hydrogen-bond acceptors (Lipinski definition) is 6. The molecule has 2 aromatic heterocycles. The zero-order valence-electron chi connectivity index (χ0n) is 20.0. The maximum Gasteiger partial charge on any atom is 0.297 e. The van der Waals surface area contributed by atoms with Crippen molar-refractivity contribution in [3.63, 3.8) is 0 Å². The number of para-hydroxylation sites is 1. The SMILES string of the molecule is CCc1cccc(C)c1NC(=O)[C@@H](CC)n1nc(-c2ccc(OC)cc2)c2c(C)onc2c1=O. The monoisotopic (exact) mass is 460 g/mol. The first-order valence-electron chi connectivity index (χ1n) is 11.3. The molecule has 0 bridgehead atoms. The van der Waals surface area contributed by atoms with Gasteiger partial charge in [-0.1, -0.05) is 37.2 Å². The summed E-state index contributed by atoms with van der Waals surface area (Å²) in [6, 6.07) is 12.4. The Labute approximate surface area is 197 Å². The van der Waals surface area contributed by atoms with Gasteiger partial charge in [0.15, 0.2) is 5.52 Å². The standard InChI is InChI=1S/C26H28N4O4/c1-6-17-10-8-9-15(3)22(17)27-25(31)20(7-2)30-26(32)24-21(16(4)34-29-24)23(28-30)18-11-13-19(33-5)14-12-18/h8-14,20H,6-7H2,1-5H3,(H,27,31)/t20-/m1/s1. The molecule has 0 unspecified atom stereocenters. The number of benzene rings is 2. The average Bonchev–Trinajstić information content (AvgIpc) is 3.24. The molecule has 34 heavy (non-hydrogen) atoms. The lowest BCUT2D eigenvalue weighted by molar-refractivity contribution is -0.119. The molecule has 1 atom stereocenters. The smallest absolute Gasteiger partial charge is 0.297 e. The maximum atomic E-state index is 13.4. The van der Waals surface area contributed by atoms with E-state index in [1.165, 1.54) is 4.68 Å². The lowest BCUT2D eigenvalue weighted by atomic mass is 10.0. The van der Waals surface area contributed by atoms with Crippen molar-refractivity contribution in [3.8, 4) is 17.0 Å². The molecular weight excluding hydrogens is 432 g/mol. The van der Waals surface area contributed by atoms with Gasteiger partial charge in [-0.05, 0) is 62.1 Å². The third kappa shape index (κ3) is 4.07. The number of nitrogens with zero attached hydrogens (tertiary/aromatic N) is 3. The number of methoxy groups -OCH3 is 1. The summed E-state index contributed by atoms with van der Waals surface area (Å²) in [5.41, 5.74) is 3.73. The number of amides is 1. The van der Waals surface area contributed by atoms with Gasteiger partial charge in [-0.25, -0.2) is 4.68 Å². The van der Waals surface area contributed by atoms with Crippen LogP contribution in [0.25, 0.3) is 22.2 Å². The molecule has 0 fully saturated rings. The third-order valence-electron chi connectivity index (χ3n) is 6.05. The van der Waals surface area contributed by atoms with Crippen LogP contribution >= 0.6 is 0 Å². The number of rotatable bonds is 7. The Kier molecular flexibility index (Phi) is 6.49. The molecule has 4 aromatic rings. The van der Waals surface area contributed by atoms with E-state index in [-0.39, 0.29) is 11.4 Å². The zero-order valence-corrected chi connectivity index (χ0v) is 20.0. The van der Waals surface area contributed by atoms with E-state index in [4.69, 9.17) is 9.26 Å². The summed E-state index contributed by atoms with van der Waals surface area (Å²) >= 11 is 0. The minimum atomic E-state index is -0.824. The predicted octanol–water partition coefficient (Wildman–Crippen LogP) is 4.83. The summed E-state index contributed by atoms with van der Waals surface area (Å²) in [4.78, 5) is 26.8. The van der Waals surface area contributed by atoms with Gasteiger partial charge in [0.1, 0.15) is 23.2 Å². The van der Waals surface area contributed by atoms with Crippen molar-refractivity contribution in [3.05, 3.63) is 69.7 Å². The van der Waals surface area contributed by atoms with Crippen molar-refractivity contribution in [1.29, 1.82) is 0 Å². The second-order valence-electron chi connectivity index (χ2n) is 8.17. The molecule has 1 N–H and O–H groups in total. The lowest BCUT2D eigenvalue weighted by Crippen LogP contribution is -2.35. The summed E-state index contributed by atoms with van der Waals surface area (Å²) in [6.45, 7) is 7.58. The van der Waals surface area contributed by atoms with E-state index in [2.05, 4.69) is 15.6 Å². The highest BCUT2D eigenvalue weighted by atomic mass is 16.5. The molecule has 0 aliphatic heterocycles. The van der Waals surface area contributed by atoms with Crippen LogP contribution in [0.15, 0.2) is 51.8 Å². The van der Waals surface area contributed by atoms with E-state index in [9.17, 15) is 9.59 Å². The van der Waals surface area contributed by atoms with Crippen molar-refractivity contribution in [2.45, 2.75) is 46.6 Å². The van der Waals surface area contributed by atoms with Crippen LogP contribution in [-0.2, 0) is 11.2 Å². The highest BCUT2D eigenvalue weighted by molar-refractivity contribution is 5.96. The van der Waals surface area contributed by atoms with Crippen LogP contribution in [0.3, 0.4) is 0 Å². The number of nitrogens with one attached hydrogen (secondary N) is 1. The molecule has 0 spiro atoms. The van der Waals surface area contributed by atoms with Crippen molar-refractivity contribution >= 4 is 22.5 Å². The Morgan fingerprint density at radius 3 is 2.53 bits per heavy atom. The molecule has 2 aromatic carbocycles. The van der Waals surface area contributed by atoms with Crippen LogP contribution in [0.1, 0.15) is 43.2 Å². The lowest BCUT2D eigenvalue weighted by Gasteiger charge is -2.20. The van der Waals surface area contributed by atoms with Gasteiger partial charge in [0.25, 0.3) is 5.56 Å². The fourth-order valence-electron chi connectivity index (χ4n) is 4.15. The van der Waals surface area contributed by atoms with Gasteiger partial charge in [0.2, 0.25) is 5.91 Å². The van der Waals surface area contributed by atoms with Gasteiger partial charge in [0.05, 0.1) is 12.5 Å². The van der Waals surface area contributed by atoms with E-state index in [0.29, 0.717) is 29.0 Å². The number of hydrogen-bond donors (Lipinski definition) is 1. The van der Waals surface area contributed by atoms with Crippen LogP contribution in [0.5, 0.6) is 5.75 Å². The van der Waals surface area contributed by atoms with E-state index in [0.717, 1.165) is 28.8 Å². The number of aromatic nitrogens is 3. The normalized spacial score (nSPS) is 12.0. The van der Waals surface area contributed by atoms with Crippen molar-refractivity contribution in [1.82, 2.24) is 14.9 Å². The Morgan fingerprint density at radius 1 is 1.15 bits per heavy atom. The van der Waals surface area contributed by atoms with Gasteiger partial charge in [-0.15, -0.1) is 0 Å². The molecule has 0 saturated heterocycles. The Morgan fingerprint density at radius 2 is 1.88 bits per heavy atom. The van der Waals surface area contributed by atoms with Gasteiger partial charge in [0, 0.05) is 11.3 Å². The first-order valence-corrected chi connectivity index (χ1v) is 11.3. The van der Waals surface area contributed by atoms with Crippen LogP contribution in [0.4, 0.5) is 5.69 Å². The zero-order chi connectivity index (χ0) is 24.4. The fraction of sp³-hybridized carbons (Fsp3) is 0.308. The fourth-order valence-corrected chi connectivity index (χ4v) is 4.15. The van der Waals surface area contributed by atoms with Crippen molar-refractivity contribution < 1.29 is 14.1 Å². The van der Waals surface area contributed by atoms with Gasteiger partial charge in [-0.3, -0.25) is 9.59 Å². The van der Waals surface area contributed by atoms with E-state index < -0.39 is 11.6 Å². The number of ether oxygens (including phenoxy) is 1. The summed E-state index contributed by atoms with van der Waals surface area (Å²) in [5, 5.41) is 12.2. The summed E-state index contributed by atoms with van der Waals surface area (Å²) < 4.78 is 11.8. The summed E-state index contributed by atoms with van der Waals surface area (Å²) in [7, 11) is 1.60. The molecule has 8 heteroatoms. The molecule has 0 aliphatic rings. The highest BCUT2D eigenvalue weighted by Gasteiger charge is 2.27. The number of carbonyl (C=O) groups excluding carboxylic acids is 1. The first-order chi connectivity index (χ1) is 16.4.